The lowest BCUT2D eigenvalue weighted by molar-refractivity contribution is -0.0540. The first kappa shape index (κ1) is 24.7. The molecule has 186 valence electrons. The van der Waals surface area contributed by atoms with Gasteiger partial charge in [-0.2, -0.15) is 0 Å². The topological polar surface area (TPSA) is 22.1 Å². The van der Waals surface area contributed by atoms with E-state index in [4.69, 9.17) is 28.2 Å². The number of hydrazine groups is 1. The summed E-state index contributed by atoms with van der Waals surface area (Å²) in [5.41, 5.74) is 3.90. The molecule has 2 fully saturated rings. The Balaban J connectivity index is 1.53. The zero-order valence-corrected chi connectivity index (χ0v) is 21.2. The molecule has 4 nitrogen and oxygen atoms in total. The van der Waals surface area contributed by atoms with Crippen molar-refractivity contribution in [2.45, 2.75) is 44.1 Å². The first-order valence-electron chi connectivity index (χ1n) is 12.3. The van der Waals surface area contributed by atoms with Gasteiger partial charge in [-0.05, 0) is 48.2 Å². The van der Waals surface area contributed by atoms with Gasteiger partial charge in [-0.15, -0.1) is 0 Å². The maximum absolute atomic E-state index is 13.7. The van der Waals surface area contributed by atoms with Gasteiger partial charge in [0.25, 0.3) is 5.92 Å². The van der Waals surface area contributed by atoms with Crippen LogP contribution in [0.1, 0.15) is 49.3 Å². The van der Waals surface area contributed by atoms with Crippen LogP contribution in [0.4, 0.5) is 8.78 Å². The van der Waals surface area contributed by atoms with Gasteiger partial charge in [0, 0.05) is 61.8 Å². The minimum Gasteiger partial charge on any atom is -0.298 e. The summed E-state index contributed by atoms with van der Waals surface area (Å²) >= 11 is 12.4. The highest BCUT2D eigenvalue weighted by Gasteiger charge is 2.36. The van der Waals surface area contributed by atoms with E-state index in [2.05, 4.69) is 33.3 Å². The summed E-state index contributed by atoms with van der Waals surface area (Å²) < 4.78 is 27.5. The smallest absolute Gasteiger partial charge is 0.250 e. The number of benzene rings is 2. The minimum absolute atomic E-state index is 0.0999. The van der Waals surface area contributed by atoms with Gasteiger partial charge >= 0.3 is 0 Å². The Bertz CT molecular complexity index is 1070. The fourth-order valence-electron chi connectivity index (χ4n) is 5.09. The molecule has 0 amide bonds. The molecule has 0 saturated carbocycles. The van der Waals surface area contributed by atoms with Crippen LogP contribution in [0.5, 0.6) is 0 Å². The zero-order chi connectivity index (χ0) is 24.4. The number of aliphatic imine (C=N–C) groups is 1. The van der Waals surface area contributed by atoms with Gasteiger partial charge in [0.15, 0.2) is 0 Å². The van der Waals surface area contributed by atoms with E-state index in [0.717, 1.165) is 48.5 Å². The second kappa shape index (κ2) is 10.6. The molecule has 35 heavy (non-hydrogen) atoms. The van der Waals surface area contributed by atoms with Crippen LogP contribution in [0.3, 0.4) is 0 Å². The molecule has 3 aliphatic rings. The Morgan fingerprint density at radius 2 is 1.43 bits per heavy atom. The number of rotatable bonds is 5. The number of halogens is 4. The quantitative estimate of drug-likeness (QED) is 0.433. The van der Waals surface area contributed by atoms with E-state index in [-0.39, 0.29) is 18.9 Å². The van der Waals surface area contributed by atoms with E-state index in [0.29, 0.717) is 29.7 Å². The molecule has 5 rings (SSSR count). The number of hydrogen-bond acceptors (Lipinski definition) is 4. The normalized spacial score (nSPS) is 23.7. The van der Waals surface area contributed by atoms with Crippen LogP contribution in [0.15, 0.2) is 65.4 Å². The van der Waals surface area contributed by atoms with Gasteiger partial charge in [0.2, 0.25) is 0 Å². The highest BCUT2D eigenvalue weighted by Crippen LogP contribution is 2.35. The van der Waals surface area contributed by atoms with Crippen LogP contribution in [0.2, 0.25) is 10.0 Å². The van der Waals surface area contributed by atoms with Crippen LogP contribution in [0.25, 0.3) is 0 Å². The van der Waals surface area contributed by atoms with Crippen molar-refractivity contribution in [3.8, 4) is 0 Å². The van der Waals surface area contributed by atoms with Crippen LogP contribution in [-0.2, 0) is 0 Å². The molecule has 0 radical (unpaired) electrons. The monoisotopic (exact) mass is 518 g/mol. The van der Waals surface area contributed by atoms with Crippen molar-refractivity contribution >= 4 is 28.9 Å². The largest absolute Gasteiger partial charge is 0.298 e. The highest BCUT2D eigenvalue weighted by molar-refractivity contribution is 6.31. The van der Waals surface area contributed by atoms with Gasteiger partial charge in [0.1, 0.15) is 6.04 Å². The highest BCUT2D eigenvalue weighted by atomic mass is 35.5. The van der Waals surface area contributed by atoms with Crippen LogP contribution >= 0.6 is 23.2 Å². The van der Waals surface area contributed by atoms with Crippen molar-refractivity contribution in [2.24, 2.45) is 4.99 Å². The lowest BCUT2D eigenvalue weighted by Gasteiger charge is -2.44. The third kappa shape index (κ3) is 5.88. The third-order valence-electron chi connectivity index (χ3n) is 7.03. The Labute approximate surface area is 215 Å². The summed E-state index contributed by atoms with van der Waals surface area (Å²) in [4.78, 5) is 7.23. The summed E-state index contributed by atoms with van der Waals surface area (Å²) in [6, 6.07) is 15.6. The van der Waals surface area contributed by atoms with Gasteiger partial charge in [-0.3, -0.25) is 14.9 Å². The molecule has 2 saturated heterocycles. The molecular formula is C27H30Cl2F2N4. The average molecular weight is 519 g/mol. The number of likely N-dealkylation sites (tertiary alicyclic amines) is 1. The summed E-state index contributed by atoms with van der Waals surface area (Å²) in [6.07, 6.45) is 5.43. The molecule has 0 aromatic heterocycles. The van der Waals surface area contributed by atoms with Crippen LogP contribution in [0, 0.1) is 0 Å². The fourth-order valence-corrected chi connectivity index (χ4v) is 5.34. The summed E-state index contributed by atoms with van der Waals surface area (Å²) in [7, 11) is 0. The van der Waals surface area contributed by atoms with Crippen molar-refractivity contribution < 1.29 is 8.78 Å². The third-order valence-corrected chi connectivity index (χ3v) is 7.53. The molecule has 1 atom stereocenters. The van der Waals surface area contributed by atoms with Crippen molar-refractivity contribution in [3.05, 3.63) is 81.6 Å². The molecule has 2 aromatic rings. The zero-order valence-electron chi connectivity index (χ0n) is 19.6. The molecule has 0 spiro atoms. The number of alkyl halides is 2. The Kier molecular flexibility index (Phi) is 7.44. The fraction of sp³-hybridized carbons (Fsp3) is 0.444. The second-order valence-corrected chi connectivity index (χ2v) is 10.5. The first-order valence-corrected chi connectivity index (χ1v) is 13.1. The van der Waals surface area contributed by atoms with Crippen LogP contribution in [-0.4, -0.2) is 59.3 Å². The Morgan fingerprint density at radius 3 is 2.06 bits per heavy atom. The van der Waals surface area contributed by atoms with Crippen molar-refractivity contribution in [3.63, 3.8) is 0 Å². The summed E-state index contributed by atoms with van der Waals surface area (Å²) in [5.74, 6) is -2.56. The van der Waals surface area contributed by atoms with E-state index < -0.39 is 5.92 Å². The molecule has 8 heteroatoms. The Hall–Kier alpha value is -1.99. The summed E-state index contributed by atoms with van der Waals surface area (Å²) in [5, 5.41) is 6.08. The van der Waals surface area contributed by atoms with E-state index in [1.54, 1.807) is 0 Å². The van der Waals surface area contributed by atoms with E-state index in [9.17, 15) is 8.78 Å². The molecule has 0 N–H and O–H groups in total. The van der Waals surface area contributed by atoms with Gasteiger partial charge in [-0.25, -0.2) is 13.8 Å². The molecule has 1 unspecified atom stereocenters. The molecule has 3 heterocycles. The predicted octanol–water partition coefficient (Wildman–Crippen LogP) is 6.81. The van der Waals surface area contributed by atoms with E-state index in [1.807, 2.05) is 36.4 Å². The average Bonchev–Trinajstić information content (AvgIpc) is 2.86. The van der Waals surface area contributed by atoms with E-state index in [1.165, 1.54) is 6.42 Å². The first-order chi connectivity index (χ1) is 16.9. The van der Waals surface area contributed by atoms with Crippen molar-refractivity contribution in [1.29, 1.82) is 0 Å². The van der Waals surface area contributed by atoms with Gasteiger partial charge in [0.05, 0.1) is 11.4 Å². The molecule has 2 aromatic carbocycles. The molecular weight excluding hydrogens is 489 g/mol. The van der Waals surface area contributed by atoms with Gasteiger partial charge < -0.3 is 0 Å². The lowest BCUT2D eigenvalue weighted by atomic mass is 9.94. The SMILES string of the molecule is FC1(F)CCN(CC2=CN(N3CCCCC3)C(c3ccc(Cl)cc3)C(c3ccc(Cl)cc3)=N2)CC1. The predicted molar refractivity (Wildman–Crippen MR) is 138 cm³/mol. The number of nitrogens with zero attached hydrogens (tertiary/aromatic N) is 4. The van der Waals surface area contributed by atoms with Crippen LogP contribution < -0.4 is 0 Å². The maximum Gasteiger partial charge on any atom is 0.250 e. The number of hydrogen-bond donors (Lipinski definition) is 0. The molecule has 3 aliphatic heterocycles. The maximum atomic E-state index is 13.7. The molecule has 0 bridgehead atoms. The van der Waals surface area contributed by atoms with E-state index >= 15 is 0 Å². The standard InChI is InChI=1S/C27H30Cl2F2N4/c28-22-8-4-20(5-9-22)25-26(21-6-10-23(29)11-7-21)35(34-14-2-1-3-15-34)19-24(32-25)18-33-16-12-27(30,31)13-17-33/h4-11,19,26H,1-3,12-18H2. The summed E-state index contributed by atoms with van der Waals surface area (Å²) in [6.45, 7) is 3.24. The number of piperidine rings is 2. The van der Waals surface area contributed by atoms with Crippen molar-refractivity contribution in [2.75, 3.05) is 32.7 Å². The molecule has 0 aliphatic carbocycles. The Morgan fingerprint density at radius 1 is 0.829 bits per heavy atom. The minimum atomic E-state index is -2.56. The second-order valence-electron chi connectivity index (χ2n) is 9.60. The van der Waals surface area contributed by atoms with Gasteiger partial charge in [-0.1, -0.05) is 53.9 Å². The lowest BCUT2D eigenvalue weighted by Crippen LogP contribution is -2.49. The van der Waals surface area contributed by atoms with Crippen molar-refractivity contribution in [1.82, 2.24) is 14.9 Å².